The Kier molecular flexibility index (Phi) is 8.87. The zero-order valence-corrected chi connectivity index (χ0v) is 23.8. The zero-order chi connectivity index (χ0) is 28.0. The first-order valence-electron chi connectivity index (χ1n) is 13.3. The van der Waals surface area contributed by atoms with Gasteiger partial charge < -0.3 is 5.32 Å². The van der Waals surface area contributed by atoms with Crippen molar-refractivity contribution in [1.82, 2.24) is 15.2 Å². The number of nitrogens with one attached hydrogen (secondary N) is 1. The number of pyridine rings is 1. The Balaban J connectivity index is 1.58. The summed E-state index contributed by atoms with van der Waals surface area (Å²) in [5, 5.41) is 4.04. The van der Waals surface area contributed by atoms with E-state index in [-0.39, 0.29) is 17.4 Å². The summed E-state index contributed by atoms with van der Waals surface area (Å²) in [4.78, 5) is 20.5. The van der Waals surface area contributed by atoms with Gasteiger partial charge in [0.25, 0.3) is 10.0 Å². The molecule has 1 N–H and O–H groups in total. The monoisotopic (exact) mass is 546 g/mol. The molecule has 39 heavy (non-hydrogen) atoms. The van der Waals surface area contributed by atoms with Gasteiger partial charge in [0.15, 0.2) is 6.04 Å². The van der Waals surface area contributed by atoms with Crippen molar-refractivity contribution in [2.24, 2.45) is 0 Å². The first kappa shape index (κ1) is 28.5. The maximum atomic E-state index is 13.9. The topological polar surface area (TPSA) is 82.6 Å². The van der Waals surface area contributed by atoms with E-state index in [1.54, 1.807) is 36.7 Å². The van der Waals surface area contributed by atoms with Crippen LogP contribution in [0.4, 0.5) is 5.69 Å². The normalized spacial score (nSPS) is 15.9. The van der Waals surface area contributed by atoms with Crippen molar-refractivity contribution in [3.63, 3.8) is 0 Å². The Hall–Kier alpha value is -3.49. The van der Waals surface area contributed by atoms with Gasteiger partial charge in [0, 0.05) is 49.0 Å². The van der Waals surface area contributed by atoms with E-state index < -0.39 is 16.1 Å². The average molecular weight is 547 g/mol. The molecule has 206 valence electrons. The van der Waals surface area contributed by atoms with E-state index in [1.807, 2.05) is 30.3 Å². The third-order valence-electron chi connectivity index (χ3n) is 7.14. The Morgan fingerprint density at radius 1 is 1.08 bits per heavy atom. The van der Waals surface area contributed by atoms with Crippen molar-refractivity contribution in [1.29, 1.82) is 0 Å². The van der Waals surface area contributed by atoms with Crippen LogP contribution in [0.2, 0.25) is 0 Å². The first-order valence-corrected chi connectivity index (χ1v) is 14.8. The molecule has 1 saturated heterocycles. The fraction of sp³-hybridized carbons (Fsp3) is 0.355. The molecular weight excluding hydrogens is 508 g/mol. The number of nitrogens with zero attached hydrogens (tertiary/aromatic N) is 3. The number of hydrogen-bond acceptors (Lipinski definition) is 5. The van der Waals surface area contributed by atoms with Crippen LogP contribution in [0.1, 0.15) is 56.3 Å². The second kappa shape index (κ2) is 12.1. The van der Waals surface area contributed by atoms with Crippen molar-refractivity contribution < 1.29 is 13.2 Å². The van der Waals surface area contributed by atoms with Crippen LogP contribution >= 0.6 is 0 Å². The quantitative estimate of drug-likeness (QED) is 0.400. The van der Waals surface area contributed by atoms with Gasteiger partial charge in [-0.15, -0.1) is 0 Å². The second-order valence-electron chi connectivity index (χ2n) is 11.0. The molecule has 0 aliphatic carbocycles. The SMILES string of the molecule is C=CS(=O)(=O)N(c1ccc(C(C)(C)C)cc1)C(C(=O)NC1CCN(Cc2ccccc2)CC1)c1cccnc1. The summed E-state index contributed by atoms with van der Waals surface area (Å²) in [5.41, 5.74) is 3.11. The summed E-state index contributed by atoms with van der Waals surface area (Å²) < 4.78 is 28.0. The molecule has 1 aromatic heterocycles. The molecule has 1 aliphatic rings. The molecule has 4 rings (SSSR count). The molecule has 8 heteroatoms. The van der Waals surface area contributed by atoms with E-state index in [1.165, 1.54) is 5.56 Å². The van der Waals surface area contributed by atoms with E-state index in [2.05, 4.69) is 54.7 Å². The molecule has 2 heterocycles. The minimum Gasteiger partial charge on any atom is -0.351 e. The smallest absolute Gasteiger partial charge is 0.257 e. The molecule has 0 saturated carbocycles. The summed E-state index contributed by atoms with van der Waals surface area (Å²) >= 11 is 0. The molecule has 0 radical (unpaired) electrons. The van der Waals surface area contributed by atoms with E-state index in [9.17, 15) is 13.2 Å². The third kappa shape index (κ3) is 7.13. The number of likely N-dealkylation sites (tertiary alicyclic amines) is 1. The molecule has 3 aromatic rings. The maximum absolute atomic E-state index is 13.9. The fourth-order valence-corrected chi connectivity index (χ4v) is 6.01. The van der Waals surface area contributed by atoms with Crippen LogP contribution < -0.4 is 9.62 Å². The van der Waals surface area contributed by atoms with Crippen LogP contribution in [-0.4, -0.2) is 43.3 Å². The number of amides is 1. The summed E-state index contributed by atoms with van der Waals surface area (Å²) in [6.07, 6.45) is 4.72. The third-order valence-corrected chi connectivity index (χ3v) is 8.53. The maximum Gasteiger partial charge on any atom is 0.257 e. The highest BCUT2D eigenvalue weighted by molar-refractivity contribution is 7.95. The number of hydrogen-bond donors (Lipinski definition) is 1. The van der Waals surface area contributed by atoms with Gasteiger partial charge in [-0.2, -0.15) is 0 Å². The van der Waals surface area contributed by atoms with Crippen LogP contribution in [0, 0.1) is 0 Å². The zero-order valence-electron chi connectivity index (χ0n) is 23.0. The number of carbonyl (C=O) groups is 1. The van der Waals surface area contributed by atoms with Crippen LogP contribution in [0.25, 0.3) is 0 Å². The number of sulfonamides is 1. The minimum absolute atomic E-state index is 0.0553. The van der Waals surface area contributed by atoms with E-state index >= 15 is 0 Å². The van der Waals surface area contributed by atoms with Gasteiger partial charge in [0.1, 0.15) is 0 Å². The molecule has 1 amide bonds. The highest BCUT2D eigenvalue weighted by atomic mass is 32.2. The van der Waals surface area contributed by atoms with Gasteiger partial charge in [-0.3, -0.25) is 14.7 Å². The lowest BCUT2D eigenvalue weighted by molar-refractivity contribution is -0.123. The molecular formula is C31H38N4O3S. The van der Waals surface area contributed by atoms with Crippen molar-refractivity contribution in [3.05, 3.63) is 108 Å². The Bertz CT molecular complexity index is 1350. The van der Waals surface area contributed by atoms with E-state index in [0.29, 0.717) is 11.3 Å². The molecule has 1 atom stereocenters. The highest BCUT2D eigenvalue weighted by Gasteiger charge is 2.36. The first-order chi connectivity index (χ1) is 18.6. The minimum atomic E-state index is -4.04. The summed E-state index contributed by atoms with van der Waals surface area (Å²) in [6.45, 7) is 12.4. The number of aromatic nitrogens is 1. The van der Waals surface area contributed by atoms with Crippen LogP contribution in [0.5, 0.6) is 0 Å². The predicted octanol–water partition coefficient (Wildman–Crippen LogP) is 5.18. The van der Waals surface area contributed by atoms with Crippen LogP contribution in [0.15, 0.2) is 91.1 Å². The number of benzene rings is 2. The van der Waals surface area contributed by atoms with E-state index in [0.717, 1.165) is 47.8 Å². The van der Waals surface area contributed by atoms with Crippen molar-refractivity contribution in [2.45, 2.75) is 57.7 Å². The van der Waals surface area contributed by atoms with Gasteiger partial charge in [-0.25, -0.2) is 12.7 Å². The standard InChI is InChI=1S/C31H38N4O3S/c1-5-39(37,38)35(28-15-13-26(14-16-28)31(2,3)4)29(25-12-9-19-32-22-25)30(36)33-27-17-20-34(21-18-27)23-24-10-7-6-8-11-24/h5-16,19,22,27,29H,1,17-18,20-21,23H2,2-4H3,(H,33,36). The predicted molar refractivity (Wildman–Crippen MR) is 157 cm³/mol. The van der Waals surface area contributed by atoms with Gasteiger partial charge in [0.2, 0.25) is 5.91 Å². The van der Waals surface area contributed by atoms with Crippen molar-refractivity contribution >= 4 is 21.6 Å². The summed E-state index contributed by atoms with van der Waals surface area (Å²) in [6, 6.07) is 19.9. The van der Waals surface area contributed by atoms with Gasteiger partial charge in [-0.1, -0.05) is 75.9 Å². The van der Waals surface area contributed by atoms with Crippen molar-refractivity contribution in [3.8, 4) is 0 Å². The Morgan fingerprint density at radius 2 is 1.74 bits per heavy atom. The second-order valence-corrected chi connectivity index (χ2v) is 12.8. The van der Waals surface area contributed by atoms with Crippen LogP contribution in [-0.2, 0) is 26.8 Å². The molecule has 1 aliphatic heterocycles. The number of anilines is 1. The number of carbonyl (C=O) groups excluding carboxylic acids is 1. The number of rotatable bonds is 9. The van der Waals surface area contributed by atoms with E-state index in [4.69, 9.17) is 0 Å². The van der Waals surface area contributed by atoms with Gasteiger partial charge in [0.05, 0.1) is 5.69 Å². The Labute approximate surface area is 232 Å². The lowest BCUT2D eigenvalue weighted by Crippen LogP contribution is -2.49. The van der Waals surface area contributed by atoms with Crippen LogP contribution in [0.3, 0.4) is 0 Å². The highest BCUT2D eigenvalue weighted by Crippen LogP contribution is 2.33. The molecule has 2 aromatic carbocycles. The number of piperidine rings is 1. The molecule has 0 spiro atoms. The summed E-state index contributed by atoms with van der Waals surface area (Å²) in [7, 11) is -4.04. The lowest BCUT2D eigenvalue weighted by atomic mass is 9.87. The molecule has 1 unspecified atom stereocenters. The lowest BCUT2D eigenvalue weighted by Gasteiger charge is -2.35. The molecule has 7 nitrogen and oxygen atoms in total. The molecule has 1 fully saturated rings. The van der Waals surface area contributed by atoms with Gasteiger partial charge >= 0.3 is 0 Å². The van der Waals surface area contributed by atoms with Crippen molar-refractivity contribution in [2.75, 3.05) is 17.4 Å². The summed E-state index contributed by atoms with van der Waals surface area (Å²) in [5.74, 6) is -0.380. The average Bonchev–Trinajstić information content (AvgIpc) is 2.93. The van der Waals surface area contributed by atoms with Gasteiger partial charge in [-0.05, 0) is 47.6 Å². The Morgan fingerprint density at radius 3 is 2.31 bits per heavy atom. The fourth-order valence-electron chi connectivity index (χ4n) is 4.92. The molecule has 0 bridgehead atoms. The largest absolute Gasteiger partial charge is 0.351 e.